The van der Waals surface area contributed by atoms with Crippen molar-refractivity contribution in [2.24, 2.45) is 0 Å². The minimum Gasteiger partial charge on any atom is -1.00 e. The third-order valence-corrected chi connectivity index (χ3v) is 26.6. The number of halogens is 2. The number of carbonyl (C=O) groups is 1. The molecule has 0 unspecified atom stereocenters. The van der Waals surface area contributed by atoms with Crippen molar-refractivity contribution < 1.29 is 50.8 Å². The van der Waals surface area contributed by atoms with Gasteiger partial charge in [-0.25, -0.2) is 0 Å². The van der Waals surface area contributed by atoms with Gasteiger partial charge in [0.1, 0.15) is 0 Å². The molecule has 6 rings (SSSR count). The van der Waals surface area contributed by atoms with Gasteiger partial charge in [-0.3, -0.25) is 0 Å². The van der Waals surface area contributed by atoms with Crippen LogP contribution in [-0.2, 0) is 21.2 Å². The summed E-state index contributed by atoms with van der Waals surface area (Å²) >= 11 is -2.85. The molecule has 0 saturated carbocycles. The molecule has 0 heterocycles. The zero-order valence-electron chi connectivity index (χ0n) is 21.5. The van der Waals surface area contributed by atoms with Crippen LogP contribution in [0.4, 0.5) is 0 Å². The second-order valence-electron chi connectivity index (χ2n) is 9.64. The van der Waals surface area contributed by atoms with Crippen LogP contribution in [0.3, 0.4) is 0 Å². The Morgan fingerprint density at radius 1 is 0.641 bits per heavy atom. The maximum atomic E-state index is 13.9. The molecule has 39 heavy (non-hydrogen) atoms. The molecule has 193 valence electrons. The summed E-state index contributed by atoms with van der Waals surface area (Å²) in [7, 11) is 0. The Morgan fingerprint density at radius 2 is 1.13 bits per heavy atom. The van der Waals surface area contributed by atoms with Crippen LogP contribution in [0, 0.1) is 6.92 Å². The first-order chi connectivity index (χ1) is 18.2. The Labute approximate surface area is 252 Å². The zero-order chi connectivity index (χ0) is 25.2. The third-order valence-electron chi connectivity index (χ3n) is 7.26. The minimum absolute atomic E-state index is 0. The second kappa shape index (κ2) is 13.1. The Hall–Kier alpha value is -2.75. The number of hydrogen-bond donors (Lipinski definition) is 1. The van der Waals surface area contributed by atoms with Crippen molar-refractivity contribution in [3.8, 4) is 11.1 Å². The molecular weight excluding hydrogens is 617 g/mol. The first-order valence-electron chi connectivity index (χ1n) is 12.7. The number of hydrogen-bond acceptors (Lipinski definition) is 1. The average Bonchev–Trinajstić information content (AvgIpc) is 3.28. The van der Waals surface area contributed by atoms with E-state index >= 15 is 0 Å². The predicted molar refractivity (Wildman–Crippen MR) is 152 cm³/mol. The van der Waals surface area contributed by atoms with Crippen LogP contribution in [0.5, 0.6) is 0 Å². The van der Waals surface area contributed by atoms with Gasteiger partial charge in [-0.15, -0.1) is 0 Å². The molecule has 0 aromatic heterocycles. The van der Waals surface area contributed by atoms with E-state index in [1.54, 1.807) is 0 Å². The zero-order valence-corrected chi connectivity index (χ0v) is 26.6. The Morgan fingerprint density at radius 3 is 1.64 bits per heavy atom. The summed E-state index contributed by atoms with van der Waals surface area (Å²) in [6.45, 7) is 2.05. The Bertz CT molecular complexity index is 1480. The molecule has 1 aliphatic carbocycles. The molecule has 5 aromatic carbocycles. The van der Waals surface area contributed by atoms with Gasteiger partial charge in [-0.1, -0.05) is 0 Å². The van der Waals surface area contributed by atoms with Crippen LogP contribution in [0.2, 0.25) is 0 Å². The van der Waals surface area contributed by atoms with Crippen LogP contribution in [0.25, 0.3) is 11.1 Å². The maximum Gasteiger partial charge on any atom is -1.00 e. The van der Waals surface area contributed by atoms with Crippen molar-refractivity contribution in [3.63, 3.8) is 0 Å². The molecule has 0 radical (unpaired) electrons. The van der Waals surface area contributed by atoms with E-state index < -0.39 is 27.1 Å². The van der Waals surface area contributed by atoms with Crippen LogP contribution >= 0.6 is 0 Å². The average molecular weight is 645 g/mol. The SMILES string of the molecule is Cc1cccc(C(=O)[NH][Zr+2]([CH]2c3ccccc3-c3ccccc32)[SiH](c2ccccc2)c2ccccc2)c1.[Cl-].[Cl-]. The van der Waals surface area contributed by atoms with E-state index in [0.717, 1.165) is 11.1 Å². The van der Waals surface area contributed by atoms with Crippen molar-refractivity contribution in [3.05, 3.63) is 156 Å². The summed E-state index contributed by atoms with van der Waals surface area (Å²) in [6.07, 6.45) is 0. The van der Waals surface area contributed by atoms with Crippen LogP contribution in [0.1, 0.15) is 30.7 Å². The third kappa shape index (κ3) is 5.90. The second-order valence-corrected chi connectivity index (χ2v) is 24.0. The Balaban J connectivity index is 0.00000176. The monoisotopic (exact) mass is 642 g/mol. The fourth-order valence-electron chi connectivity index (χ4n) is 5.63. The van der Waals surface area contributed by atoms with Gasteiger partial charge in [0.05, 0.1) is 0 Å². The maximum absolute atomic E-state index is 13.9. The van der Waals surface area contributed by atoms with Crippen molar-refractivity contribution in [1.29, 1.82) is 0 Å². The Kier molecular flexibility index (Phi) is 9.80. The molecule has 0 spiro atoms. The summed E-state index contributed by atoms with van der Waals surface area (Å²) in [4.78, 5) is 13.9. The molecule has 1 aliphatic rings. The smallest absolute Gasteiger partial charge is 1.00 e. The minimum atomic E-state index is -2.85. The number of carbonyl (C=O) groups excluding carboxylic acids is 1. The van der Waals surface area contributed by atoms with E-state index in [1.165, 1.54) is 32.6 Å². The van der Waals surface area contributed by atoms with Gasteiger partial charge in [0.15, 0.2) is 0 Å². The standard InChI is InChI=1S/C13H9.C12H11Si.C8H9NO.2ClH.Zr/c1-3-7-12-10(5-1)9-11-6-2-4-8-13(11)12;1-3-7-11(8-4-1)13-12-9-5-2-6-10-12;1-6-3-2-4-7(5-6)8(9)10;;;/h1-9H;1-10,13H;2-5H,1H3,(H2,9,10);2*1H;/q;;;;;+3/p-3. The number of fused-ring (bicyclic) bond motifs is 3. The van der Waals surface area contributed by atoms with E-state index in [1.807, 2.05) is 31.2 Å². The van der Waals surface area contributed by atoms with E-state index in [4.69, 9.17) is 0 Å². The molecule has 2 nitrogen and oxygen atoms in total. The van der Waals surface area contributed by atoms with Gasteiger partial charge >= 0.3 is 229 Å². The van der Waals surface area contributed by atoms with Gasteiger partial charge in [-0.05, 0) is 0 Å². The fourth-order valence-corrected chi connectivity index (χ4v) is 27.2. The molecule has 0 aliphatic heterocycles. The van der Waals surface area contributed by atoms with Gasteiger partial charge in [-0.2, -0.15) is 0 Å². The molecular formula is C33H28Cl2NOSiZr. The van der Waals surface area contributed by atoms with Crippen molar-refractivity contribution in [2.75, 3.05) is 0 Å². The van der Waals surface area contributed by atoms with Crippen LogP contribution in [-0.4, -0.2) is 11.8 Å². The number of amides is 1. The molecule has 0 atom stereocenters. The first-order valence-corrected chi connectivity index (χ1v) is 21.4. The summed E-state index contributed by atoms with van der Waals surface area (Å²) in [5.74, 6) is -1.69. The number of rotatable bonds is 6. The largest absolute Gasteiger partial charge is 1.00 e. The molecule has 0 bridgehead atoms. The van der Waals surface area contributed by atoms with Gasteiger partial charge in [0.25, 0.3) is 0 Å². The molecule has 5 aromatic rings. The predicted octanol–water partition coefficient (Wildman–Crippen LogP) is -0.426. The first kappa shape index (κ1) is 29.2. The number of nitrogens with one attached hydrogen (secondary N) is 1. The fraction of sp³-hybridized carbons (Fsp3) is 0.0606. The summed E-state index contributed by atoms with van der Waals surface area (Å²) in [5.41, 5.74) is 7.26. The molecule has 1 N–H and O–H groups in total. The summed E-state index contributed by atoms with van der Waals surface area (Å²) in [5, 5.41) is 2.82. The van der Waals surface area contributed by atoms with E-state index in [-0.39, 0.29) is 34.3 Å². The van der Waals surface area contributed by atoms with Crippen molar-refractivity contribution in [2.45, 2.75) is 10.5 Å². The van der Waals surface area contributed by atoms with Crippen LogP contribution in [0.15, 0.2) is 133 Å². The van der Waals surface area contributed by atoms with Crippen LogP contribution < -0.4 is 38.4 Å². The van der Waals surface area contributed by atoms with E-state index in [0.29, 0.717) is 0 Å². The van der Waals surface area contributed by atoms with Gasteiger partial charge < -0.3 is 24.8 Å². The summed E-state index contributed by atoms with van der Waals surface area (Å²) < 4.78 is 4.07. The molecule has 0 saturated heterocycles. The normalized spacial score (nSPS) is 11.5. The van der Waals surface area contributed by atoms with E-state index in [2.05, 4.69) is 112 Å². The molecule has 0 fully saturated rings. The van der Waals surface area contributed by atoms with Gasteiger partial charge in [0, 0.05) is 0 Å². The topological polar surface area (TPSA) is 29.1 Å². The van der Waals surface area contributed by atoms with Crippen molar-refractivity contribution in [1.82, 2.24) is 3.26 Å². The summed E-state index contributed by atoms with van der Waals surface area (Å²) in [6, 6.07) is 47.6. The van der Waals surface area contributed by atoms with Gasteiger partial charge in [0.2, 0.25) is 0 Å². The molecule has 1 amide bonds. The van der Waals surface area contributed by atoms with E-state index in [9.17, 15) is 4.79 Å². The quantitative estimate of drug-likeness (QED) is 0.250. The van der Waals surface area contributed by atoms with Crippen molar-refractivity contribution >= 4 is 22.2 Å². The number of aryl methyl sites for hydroxylation is 1. The number of benzene rings is 5. The molecule has 6 heteroatoms.